The number of nitrogens with one attached hydrogen (secondary N) is 1. The molecule has 0 aromatic carbocycles. The van der Waals surface area contributed by atoms with E-state index in [0.717, 1.165) is 12.8 Å². The van der Waals surface area contributed by atoms with Crippen LogP contribution in [0.15, 0.2) is 4.52 Å². The maximum atomic E-state index is 12.0. The molecule has 1 aliphatic carbocycles. The summed E-state index contributed by atoms with van der Waals surface area (Å²) in [5.41, 5.74) is 0. The molecule has 0 spiro atoms. The van der Waals surface area contributed by atoms with Crippen molar-refractivity contribution in [2.75, 3.05) is 20.2 Å². The highest BCUT2D eigenvalue weighted by Gasteiger charge is 2.21. The van der Waals surface area contributed by atoms with Crippen molar-refractivity contribution in [3.63, 3.8) is 0 Å². The van der Waals surface area contributed by atoms with Crippen LogP contribution >= 0.6 is 0 Å². The molecule has 1 aromatic rings. The van der Waals surface area contributed by atoms with E-state index >= 15 is 0 Å². The van der Waals surface area contributed by atoms with Gasteiger partial charge in [-0.05, 0) is 18.8 Å². The van der Waals surface area contributed by atoms with E-state index in [9.17, 15) is 4.79 Å². The Morgan fingerprint density at radius 1 is 1.43 bits per heavy atom. The van der Waals surface area contributed by atoms with E-state index in [1.54, 1.807) is 7.05 Å². The highest BCUT2D eigenvalue weighted by Crippen LogP contribution is 2.25. The first kappa shape index (κ1) is 17.7. The molecular weight excluding hydrogens is 296 g/mol. The summed E-state index contributed by atoms with van der Waals surface area (Å²) in [6.07, 6.45) is 5.97. The van der Waals surface area contributed by atoms with Gasteiger partial charge in [0.15, 0.2) is 5.82 Å². The highest BCUT2D eigenvalue weighted by molar-refractivity contribution is 5.73. The molecule has 7 heteroatoms. The van der Waals surface area contributed by atoms with Crippen molar-refractivity contribution >= 4 is 6.03 Å². The van der Waals surface area contributed by atoms with Gasteiger partial charge in [0, 0.05) is 20.0 Å². The number of hydrogen-bond donors (Lipinski definition) is 1. The summed E-state index contributed by atoms with van der Waals surface area (Å²) in [7, 11) is 1.70. The van der Waals surface area contributed by atoms with Gasteiger partial charge < -0.3 is 19.5 Å². The van der Waals surface area contributed by atoms with Crippen LogP contribution in [0, 0.1) is 5.92 Å². The van der Waals surface area contributed by atoms with Crippen LogP contribution in [-0.4, -0.2) is 47.4 Å². The second-order valence-electron chi connectivity index (χ2n) is 6.22. The summed E-state index contributed by atoms with van der Waals surface area (Å²) in [4.78, 5) is 17.7. The van der Waals surface area contributed by atoms with Crippen molar-refractivity contribution in [2.24, 2.45) is 5.92 Å². The van der Waals surface area contributed by atoms with Gasteiger partial charge in [-0.2, -0.15) is 4.98 Å². The third-order valence-electron chi connectivity index (χ3n) is 4.29. The molecule has 1 aliphatic rings. The molecule has 1 N–H and O–H groups in total. The Morgan fingerprint density at radius 2 is 2.22 bits per heavy atom. The maximum Gasteiger partial charge on any atom is 0.317 e. The molecule has 2 rings (SSSR count). The number of urea groups is 1. The molecule has 0 saturated heterocycles. The van der Waals surface area contributed by atoms with Gasteiger partial charge >= 0.3 is 6.03 Å². The lowest BCUT2D eigenvalue weighted by atomic mass is 9.88. The van der Waals surface area contributed by atoms with Crippen LogP contribution in [0.2, 0.25) is 0 Å². The minimum absolute atomic E-state index is 0.165. The van der Waals surface area contributed by atoms with Crippen LogP contribution in [-0.2, 0) is 17.7 Å². The second-order valence-corrected chi connectivity index (χ2v) is 6.22. The van der Waals surface area contributed by atoms with E-state index in [-0.39, 0.29) is 6.03 Å². The van der Waals surface area contributed by atoms with Crippen LogP contribution in [0.1, 0.15) is 51.2 Å². The number of amides is 2. The molecule has 0 aliphatic heterocycles. The molecule has 0 bridgehead atoms. The average Bonchev–Trinajstić information content (AvgIpc) is 3.00. The average molecular weight is 324 g/mol. The quantitative estimate of drug-likeness (QED) is 0.779. The van der Waals surface area contributed by atoms with E-state index in [1.165, 1.54) is 24.2 Å². The van der Waals surface area contributed by atoms with Crippen LogP contribution in [0.25, 0.3) is 0 Å². The Hall–Kier alpha value is -1.63. The summed E-state index contributed by atoms with van der Waals surface area (Å²) in [5.74, 6) is 1.73. The lowest BCUT2D eigenvalue weighted by molar-refractivity contribution is -0.00268. The number of aryl methyl sites for hydroxylation is 1. The first-order valence-corrected chi connectivity index (χ1v) is 8.52. The van der Waals surface area contributed by atoms with Crippen molar-refractivity contribution in [3.05, 3.63) is 11.7 Å². The number of hydrogen-bond acceptors (Lipinski definition) is 5. The zero-order valence-corrected chi connectivity index (χ0v) is 14.4. The van der Waals surface area contributed by atoms with Crippen molar-refractivity contribution in [2.45, 2.75) is 58.6 Å². The summed E-state index contributed by atoms with van der Waals surface area (Å²) in [5, 5.41) is 6.67. The van der Waals surface area contributed by atoms with Crippen molar-refractivity contribution in [3.8, 4) is 0 Å². The zero-order chi connectivity index (χ0) is 16.7. The zero-order valence-electron chi connectivity index (χ0n) is 14.4. The number of nitrogens with zero attached hydrogens (tertiary/aromatic N) is 3. The third-order valence-corrected chi connectivity index (χ3v) is 4.29. The molecular formula is C16H28N4O3. The molecule has 130 valence electrons. The smallest absolute Gasteiger partial charge is 0.317 e. The predicted octanol–water partition coefficient (Wildman–Crippen LogP) is 2.37. The molecule has 1 fully saturated rings. The Bertz CT molecular complexity index is 491. The molecule has 1 saturated carbocycles. The predicted molar refractivity (Wildman–Crippen MR) is 85.9 cm³/mol. The number of aromatic nitrogens is 2. The summed E-state index contributed by atoms with van der Waals surface area (Å²) in [6, 6.07) is -0.165. The van der Waals surface area contributed by atoms with Crippen LogP contribution < -0.4 is 5.32 Å². The number of rotatable bonds is 7. The van der Waals surface area contributed by atoms with E-state index in [2.05, 4.69) is 22.4 Å². The Kier molecular flexibility index (Phi) is 6.83. The van der Waals surface area contributed by atoms with Gasteiger partial charge in [-0.15, -0.1) is 0 Å². The largest absolute Gasteiger partial charge is 0.376 e. The molecule has 7 nitrogen and oxygen atoms in total. The van der Waals surface area contributed by atoms with Gasteiger partial charge in [-0.25, -0.2) is 4.79 Å². The van der Waals surface area contributed by atoms with Gasteiger partial charge in [-0.3, -0.25) is 0 Å². The number of carbonyl (C=O) groups is 1. The highest BCUT2D eigenvalue weighted by atomic mass is 16.5. The minimum atomic E-state index is -0.165. The molecule has 0 radical (unpaired) electrons. The molecule has 1 aromatic heterocycles. The van der Waals surface area contributed by atoms with Gasteiger partial charge in [0.05, 0.1) is 12.7 Å². The summed E-state index contributed by atoms with van der Waals surface area (Å²) >= 11 is 0. The van der Waals surface area contributed by atoms with Crippen LogP contribution in [0.5, 0.6) is 0 Å². The van der Waals surface area contributed by atoms with E-state index < -0.39 is 0 Å². The molecule has 2 unspecified atom stereocenters. The SMILES string of the molecule is CCc1noc(CN(C)C(=O)NCCOC2CCCCC2C)n1. The molecule has 2 amide bonds. The lowest BCUT2D eigenvalue weighted by Gasteiger charge is -2.28. The number of ether oxygens (including phenoxy) is 1. The first-order valence-electron chi connectivity index (χ1n) is 8.52. The van der Waals surface area contributed by atoms with Crippen molar-refractivity contribution < 1.29 is 14.1 Å². The van der Waals surface area contributed by atoms with Gasteiger partial charge in [-0.1, -0.05) is 31.8 Å². The van der Waals surface area contributed by atoms with Crippen LogP contribution in [0.3, 0.4) is 0 Å². The molecule has 23 heavy (non-hydrogen) atoms. The monoisotopic (exact) mass is 324 g/mol. The van der Waals surface area contributed by atoms with Gasteiger partial charge in [0.2, 0.25) is 5.89 Å². The number of carbonyl (C=O) groups excluding carboxylic acids is 1. The second kappa shape index (κ2) is 8.86. The first-order chi connectivity index (χ1) is 11.1. The van der Waals surface area contributed by atoms with Crippen molar-refractivity contribution in [1.82, 2.24) is 20.4 Å². The maximum absolute atomic E-state index is 12.0. The normalized spacial score (nSPS) is 21.2. The molecule has 2 atom stereocenters. The third kappa shape index (κ3) is 5.49. The summed E-state index contributed by atoms with van der Waals surface area (Å²) < 4.78 is 11.0. The fourth-order valence-electron chi connectivity index (χ4n) is 2.81. The standard InChI is InChI=1S/C16H28N4O3/c1-4-14-18-15(23-19-14)11-20(3)16(21)17-9-10-22-13-8-6-5-7-12(13)2/h12-13H,4-11H2,1-3H3,(H,17,21). The fourth-order valence-corrected chi connectivity index (χ4v) is 2.81. The fraction of sp³-hybridized carbons (Fsp3) is 0.812. The van der Waals surface area contributed by atoms with Gasteiger partial charge in [0.25, 0.3) is 0 Å². The minimum Gasteiger partial charge on any atom is -0.376 e. The van der Waals surface area contributed by atoms with E-state index in [0.29, 0.717) is 43.4 Å². The Balaban J connectivity index is 1.63. The van der Waals surface area contributed by atoms with E-state index in [4.69, 9.17) is 9.26 Å². The Morgan fingerprint density at radius 3 is 2.91 bits per heavy atom. The van der Waals surface area contributed by atoms with E-state index in [1.807, 2.05) is 6.92 Å². The van der Waals surface area contributed by atoms with Crippen LogP contribution in [0.4, 0.5) is 4.79 Å². The van der Waals surface area contributed by atoms with Crippen molar-refractivity contribution in [1.29, 1.82) is 0 Å². The molecule has 1 heterocycles. The summed E-state index contributed by atoms with van der Waals surface area (Å²) in [6.45, 7) is 5.56. The lowest BCUT2D eigenvalue weighted by Crippen LogP contribution is -2.39. The van der Waals surface area contributed by atoms with Gasteiger partial charge in [0.1, 0.15) is 6.54 Å². The Labute approximate surface area is 137 Å². The topological polar surface area (TPSA) is 80.5 Å².